The van der Waals surface area contributed by atoms with Crippen LogP contribution in [0.5, 0.6) is 0 Å². The Labute approximate surface area is 182 Å². The molecule has 4 rings (SSSR count). The summed E-state index contributed by atoms with van der Waals surface area (Å²) in [5, 5.41) is 15.5. The van der Waals surface area contributed by atoms with Crippen LogP contribution in [0.2, 0.25) is 5.02 Å². The molecule has 1 fully saturated rings. The van der Waals surface area contributed by atoms with Crippen LogP contribution in [0.15, 0.2) is 48.5 Å². The maximum atomic E-state index is 12.4. The van der Waals surface area contributed by atoms with Gasteiger partial charge in [0.05, 0.1) is 0 Å². The van der Waals surface area contributed by atoms with Crippen molar-refractivity contribution < 1.29 is 9.90 Å². The summed E-state index contributed by atoms with van der Waals surface area (Å²) in [5.41, 5.74) is 3.22. The van der Waals surface area contributed by atoms with E-state index in [2.05, 4.69) is 19.2 Å². The van der Waals surface area contributed by atoms with Gasteiger partial charge in [-0.15, -0.1) is 0 Å². The van der Waals surface area contributed by atoms with Crippen LogP contribution in [0.3, 0.4) is 0 Å². The predicted octanol–water partition coefficient (Wildman–Crippen LogP) is 5.96. The topological polar surface area (TPSA) is 54.3 Å². The maximum Gasteiger partial charge on any atom is 0.352 e. The van der Waals surface area contributed by atoms with Crippen molar-refractivity contribution >= 4 is 28.5 Å². The first-order valence-electron chi connectivity index (χ1n) is 10.8. The zero-order chi connectivity index (χ0) is 21.3. The van der Waals surface area contributed by atoms with Crippen molar-refractivity contribution in [1.29, 1.82) is 0 Å². The summed E-state index contributed by atoms with van der Waals surface area (Å²) in [6.07, 6.45) is 3.66. The van der Waals surface area contributed by atoms with Crippen molar-refractivity contribution in [3.63, 3.8) is 0 Å². The van der Waals surface area contributed by atoms with Crippen LogP contribution in [0.25, 0.3) is 10.9 Å². The molecule has 1 saturated carbocycles. The minimum absolute atomic E-state index is 0.371. The Morgan fingerprint density at radius 3 is 2.60 bits per heavy atom. The Balaban J connectivity index is 1.71. The number of aromatic nitrogens is 1. The number of fused-ring (bicyclic) bond motifs is 1. The molecule has 0 bridgehead atoms. The van der Waals surface area contributed by atoms with Gasteiger partial charge in [0.25, 0.3) is 0 Å². The van der Waals surface area contributed by atoms with E-state index in [0.717, 1.165) is 28.5 Å². The summed E-state index contributed by atoms with van der Waals surface area (Å²) in [6, 6.07) is 16.0. The Morgan fingerprint density at radius 1 is 1.13 bits per heavy atom. The summed E-state index contributed by atoms with van der Waals surface area (Å²) in [6.45, 7) is 5.69. The molecule has 2 aromatic carbocycles. The molecule has 1 aliphatic carbocycles. The Bertz CT molecular complexity index is 1040. The van der Waals surface area contributed by atoms with Gasteiger partial charge in [0.15, 0.2) is 0 Å². The zero-order valence-electron chi connectivity index (χ0n) is 17.6. The molecular weight excluding hydrogens is 396 g/mol. The van der Waals surface area contributed by atoms with Crippen molar-refractivity contribution in [2.45, 2.75) is 52.2 Å². The highest BCUT2D eigenvalue weighted by Crippen LogP contribution is 2.31. The van der Waals surface area contributed by atoms with Crippen LogP contribution in [0.1, 0.15) is 54.7 Å². The average Bonchev–Trinajstić information content (AvgIpc) is 3.04. The number of hydrogen-bond donors (Lipinski definition) is 2. The Hall–Kier alpha value is -2.30. The second kappa shape index (κ2) is 8.83. The standard InChI is InChI=1S/C25H29ClN2O2/c1-16-6-5-8-22(17(16)2)27-14-21-20-7-3-4-9-23(20)28(24(21)25(29)30)15-18-10-12-19(26)13-11-18/h3-4,7,9-13,16-17,22,27H,5-6,8,14-15H2,1-2H3,(H,29,30)/t16-,17-,22-/m1/s1. The van der Waals surface area contributed by atoms with Gasteiger partial charge < -0.3 is 15.0 Å². The predicted molar refractivity (Wildman–Crippen MR) is 122 cm³/mol. The van der Waals surface area contributed by atoms with Gasteiger partial charge in [0.1, 0.15) is 5.69 Å². The van der Waals surface area contributed by atoms with Gasteiger partial charge in [0, 0.05) is 40.6 Å². The van der Waals surface area contributed by atoms with E-state index in [0.29, 0.717) is 41.7 Å². The summed E-state index contributed by atoms with van der Waals surface area (Å²) in [5.74, 6) is 0.401. The van der Waals surface area contributed by atoms with E-state index in [1.165, 1.54) is 12.8 Å². The van der Waals surface area contributed by atoms with Crippen LogP contribution < -0.4 is 5.32 Å². The molecule has 0 radical (unpaired) electrons. The Morgan fingerprint density at radius 2 is 1.87 bits per heavy atom. The second-order valence-electron chi connectivity index (χ2n) is 8.62. The fourth-order valence-electron chi connectivity index (χ4n) is 4.84. The number of benzene rings is 2. The third-order valence-electron chi connectivity index (χ3n) is 6.78. The first-order valence-corrected chi connectivity index (χ1v) is 11.1. The molecule has 0 aliphatic heterocycles. The lowest BCUT2D eigenvalue weighted by Gasteiger charge is -2.34. The van der Waals surface area contributed by atoms with E-state index < -0.39 is 5.97 Å². The Kier molecular flexibility index (Phi) is 6.16. The van der Waals surface area contributed by atoms with Gasteiger partial charge in [-0.1, -0.05) is 68.6 Å². The molecule has 30 heavy (non-hydrogen) atoms. The number of hydrogen-bond acceptors (Lipinski definition) is 2. The third kappa shape index (κ3) is 4.12. The van der Waals surface area contributed by atoms with E-state index in [1.807, 2.05) is 53.1 Å². The van der Waals surface area contributed by atoms with Crippen molar-refractivity contribution in [3.05, 3.63) is 70.4 Å². The molecule has 3 atom stereocenters. The van der Waals surface area contributed by atoms with Crippen LogP contribution in [-0.4, -0.2) is 21.7 Å². The van der Waals surface area contributed by atoms with Gasteiger partial charge in [-0.2, -0.15) is 0 Å². The number of rotatable bonds is 6. The normalized spacial score (nSPS) is 21.8. The molecule has 4 nitrogen and oxygen atoms in total. The van der Waals surface area contributed by atoms with E-state index >= 15 is 0 Å². The molecule has 0 saturated heterocycles. The number of halogens is 1. The lowest BCUT2D eigenvalue weighted by Crippen LogP contribution is -2.40. The van der Waals surface area contributed by atoms with Crippen molar-refractivity contribution in [2.24, 2.45) is 11.8 Å². The van der Waals surface area contributed by atoms with Crippen LogP contribution >= 0.6 is 11.6 Å². The van der Waals surface area contributed by atoms with Gasteiger partial charge >= 0.3 is 5.97 Å². The molecule has 1 heterocycles. The summed E-state index contributed by atoms with van der Waals surface area (Å²) >= 11 is 6.02. The lowest BCUT2D eigenvalue weighted by molar-refractivity contribution is 0.0684. The van der Waals surface area contributed by atoms with E-state index in [9.17, 15) is 9.90 Å². The minimum Gasteiger partial charge on any atom is -0.477 e. The molecule has 0 spiro atoms. The number of para-hydroxylation sites is 1. The smallest absolute Gasteiger partial charge is 0.352 e. The monoisotopic (exact) mass is 424 g/mol. The number of carbonyl (C=O) groups is 1. The largest absolute Gasteiger partial charge is 0.477 e. The van der Waals surface area contributed by atoms with E-state index in [4.69, 9.17) is 11.6 Å². The van der Waals surface area contributed by atoms with Crippen molar-refractivity contribution in [2.75, 3.05) is 0 Å². The van der Waals surface area contributed by atoms with Crippen molar-refractivity contribution in [3.8, 4) is 0 Å². The van der Waals surface area contributed by atoms with Gasteiger partial charge in [0.2, 0.25) is 0 Å². The fraction of sp³-hybridized carbons (Fsp3) is 0.400. The molecule has 158 valence electrons. The summed E-state index contributed by atoms with van der Waals surface area (Å²) < 4.78 is 1.92. The fourth-order valence-corrected chi connectivity index (χ4v) is 4.96. The van der Waals surface area contributed by atoms with Gasteiger partial charge in [-0.3, -0.25) is 0 Å². The van der Waals surface area contributed by atoms with Crippen LogP contribution in [0.4, 0.5) is 0 Å². The molecule has 0 unspecified atom stereocenters. The highest BCUT2D eigenvalue weighted by molar-refractivity contribution is 6.30. The number of nitrogens with one attached hydrogen (secondary N) is 1. The molecule has 2 N–H and O–H groups in total. The number of carboxylic acid groups (broad SMARTS) is 1. The summed E-state index contributed by atoms with van der Waals surface area (Å²) in [7, 11) is 0. The first-order chi connectivity index (χ1) is 14.5. The third-order valence-corrected chi connectivity index (χ3v) is 7.03. The number of carboxylic acids is 1. The summed E-state index contributed by atoms with van der Waals surface area (Å²) in [4.78, 5) is 12.4. The molecule has 1 aromatic heterocycles. The second-order valence-corrected chi connectivity index (χ2v) is 9.05. The highest BCUT2D eigenvalue weighted by Gasteiger charge is 2.28. The number of aromatic carboxylic acids is 1. The zero-order valence-corrected chi connectivity index (χ0v) is 18.3. The average molecular weight is 425 g/mol. The molecular formula is C25H29ClN2O2. The van der Waals surface area contributed by atoms with Gasteiger partial charge in [-0.05, 0) is 42.0 Å². The van der Waals surface area contributed by atoms with Crippen molar-refractivity contribution in [1.82, 2.24) is 9.88 Å². The lowest BCUT2D eigenvalue weighted by atomic mass is 9.78. The SMILES string of the molecule is C[C@@H]1[C@H](C)CCC[C@H]1NCc1c(C(=O)O)n(Cc2ccc(Cl)cc2)c2ccccc12. The quantitative estimate of drug-likeness (QED) is 0.513. The van der Waals surface area contributed by atoms with E-state index in [1.54, 1.807) is 0 Å². The molecule has 5 heteroatoms. The molecule has 0 amide bonds. The molecule has 3 aromatic rings. The molecule has 1 aliphatic rings. The maximum absolute atomic E-state index is 12.4. The van der Waals surface area contributed by atoms with Crippen LogP contribution in [-0.2, 0) is 13.1 Å². The number of nitrogens with zero attached hydrogens (tertiary/aromatic N) is 1. The van der Waals surface area contributed by atoms with Crippen LogP contribution in [0, 0.1) is 11.8 Å². The van der Waals surface area contributed by atoms with Gasteiger partial charge in [-0.25, -0.2) is 4.79 Å². The highest BCUT2D eigenvalue weighted by atomic mass is 35.5. The van der Waals surface area contributed by atoms with E-state index in [-0.39, 0.29) is 0 Å². The first kappa shape index (κ1) is 21.0. The minimum atomic E-state index is -0.887.